The maximum absolute atomic E-state index is 3.63. The van der Waals surface area contributed by atoms with Crippen LogP contribution in [0.2, 0.25) is 0 Å². The van der Waals surface area contributed by atoms with E-state index in [-0.39, 0.29) is 0 Å². The van der Waals surface area contributed by atoms with Gasteiger partial charge >= 0.3 is 0 Å². The molecule has 0 nitrogen and oxygen atoms in total. The summed E-state index contributed by atoms with van der Waals surface area (Å²) in [5.74, 6) is 0. The second kappa shape index (κ2) is 4.89. The fourth-order valence-electron chi connectivity index (χ4n) is 0. The lowest BCUT2D eigenvalue weighted by Crippen LogP contribution is -1.96. The minimum absolute atomic E-state index is 0.306. The largest absolute Gasteiger partial charge is 0.103 e. The topological polar surface area (TPSA) is 0 Å². The van der Waals surface area contributed by atoms with Crippen LogP contribution in [-0.4, -0.2) is 0 Å². The van der Waals surface area contributed by atoms with Crippen LogP contribution in [0.25, 0.3) is 0 Å². The minimum atomic E-state index is 0.306. The molecule has 0 aliphatic heterocycles. The highest BCUT2D eigenvalue weighted by Crippen LogP contribution is 2.11. The molecule has 0 aromatic heterocycles. The molecule has 0 aliphatic rings. The summed E-state index contributed by atoms with van der Waals surface area (Å²) in [5.41, 5.74) is 0.306. The summed E-state index contributed by atoms with van der Waals surface area (Å²) in [6.07, 6.45) is 1.94. The first-order valence-corrected chi connectivity index (χ1v) is 3.20. The zero-order chi connectivity index (χ0) is 7.21. The quantitative estimate of drug-likeness (QED) is 0.424. The van der Waals surface area contributed by atoms with Crippen molar-refractivity contribution in [2.24, 2.45) is 5.41 Å². The molecule has 0 aliphatic carbocycles. The van der Waals surface area contributed by atoms with Crippen LogP contribution in [0.4, 0.5) is 0 Å². The Morgan fingerprint density at radius 2 is 1.25 bits per heavy atom. The van der Waals surface area contributed by atoms with Gasteiger partial charge in [-0.3, -0.25) is 0 Å². The van der Waals surface area contributed by atoms with E-state index in [0.717, 1.165) is 0 Å². The molecule has 0 atom stereocenters. The Kier molecular flexibility index (Phi) is 6.52. The summed E-state index contributed by atoms with van der Waals surface area (Å²) < 4.78 is 0. The second-order valence-corrected chi connectivity index (χ2v) is 2.57. The first-order valence-electron chi connectivity index (χ1n) is 3.20. The Morgan fingerprint density at radius 3 is 1.25 bits per heavy atom. The Hall–Kier alpha value is -0.260. The summed E-state index contributed by atoms with van der Waals surface area (Å²) >= 11 is 0. The highest BCUT2D eigenvalue weighted by Gasteiger charge is 1.99. The van der Waals surface area contributed by atoms with E-state index in [1.54, 1.807) is 0 Å². The van der Waals surface area contributed by atoms with Crippen molar-refractivity contribution in [2.75, 3.05) is 0 Å². The van der Waals surface area contributed by atoms with Crippen molar-refractivity contribution >= 4 is 0 Å². The van der Waals surface area contributed by atoms with Crippen molar-refractivity contribution in [1.29, 1.82) is 0 Å². The summed E-state index contributed by atoms with van der Waals surface area (Å²) in [6.45, 7) is 14.0. The fraction of sp³-hybridized carbons (Fsp3) is 0.750. The van der Waals surface area contributed by atoms with Crippen molar-refractivity contribution in [1.82, 2.24) is 0 Å². The molecule has 0 amide bonds. The summed E-state index contributed by atoms with van der Waals surface area (Å²) in [4.78, 5) is 0. The fourth-order valence-corrected chi connectivity index (χ4v) is 0. The Morgan fingerprint density at radius 1 is 1.12 bits per heavy atom. The second-order valence-electron chi connectivity index (χ2n) is 2.57. The first kappa shape index (κ1) is 10.7. The molecule has 0 unspecified atom stereocenters. The Bertz CT molecular complexity index is 45.5. The van der Waals surface area contributed by atoms with Crippen molar-refractivity contribution in [3.8, 4) is 0 Å². The average molecular weight is 114 g/mol. The smallest absolute Gasteiger partial charge is 0.0206 e. The number of hydrogen-bond donors (Lipinski definition) is 0. The van der Waals surface area contributed by atoms with Gasteiger partial charge in [-0.2, -0.15) is 0 Å². The summed E-state index contributed by atoms with van der Waals surface area (Å²) in [5, 5.41) is 0. The molecular formula is C8H18. The Balaban J connectivity index is 0. The van der Waals surface area contributed by atoms with Crippen molar-refractivity contribution in [3.63, 3.8) is 0 Å². The van der Waals surface area contributed by atoms with Gasteiger partial charge in [-0.15, -0.1) is 6.58 Å². The monoisotopic (exact) mass is 114 g/mol. The number of hydrogen-bond acceptors (Lipinski definition) is 0. The molecule has 0 spiro atoms. The van der Waals surface area contributed by atoms with E-state index in [9.17, 15) is 0 Å². The lowest BCUT2D eigenvalue weighted by molar-refractivity contribution is 0.546. The highest BCUT2D eigenvalue weighted by atomic mass is 14.0. The number of allylic oxidation sites excluding steroid dienone is 1. The van der Waals surface area contributed by atoms with Gasteiger partial charge in [-0.05, 0) is 5.41 Å². The van der Waals surface area contributed by atoms with E-state index in [4.69, 9.17) is 0 Å². The Labute approximate surface area is 53.6 Å². The molecule has 0 saturated carbocycles. The van der Waals surface area contributed by atoms with Gasteiger partial charge in [0.15, 0.2) is 0 Å². The van der Waals surface area contributed by atoms with Gasteiger partial charge in [0.2, 0.25) is 0 Å². The zero-order valence-electron chi connectivity index (χ0n) is 6.78. The molecule has 0 aromatic rings. The van der Waals surface area contributed by atoms with Crippen molar-refractivity contribution in [3.05, 3.63) is 12.7 Å². The van der Waals surface area contributed by atoms with Crippen LogP contribution in [0.15, 0.2) is 12.7 Å². The van der Waals surface area contributed by atoms with Crippen molar-refractivity contribution < 1.29 is 0 Å². The normalized spacial score (nSPS) is 9.12. The lowest BCUT2D eigenvalue weighted by atomic mass is 9.98. The van der Waals surface area contributed by atoms with Crippen LogP contribution >= 0.6 is 0 Å². The van der Waals surface area contributed by atoms with Gasteiger partial charge in [-0.1, -0.05) is 40.7 Å². The average Bonchev–Trinajstić information content (AvgIpc) is 1.71. The SMILES string of the molecule is C=CC(C)(C)C.CC. The molecule has 0 radical (unpaired) electrons. The first-order chi connectivity index (χ1) is 3.56. The lowest BCUT2D eigenvalue weighted by Gasteiger charge is -2.08. The van der Waals surface area contributed by atoms with Gasteiger partial charge in [0.05, 0.1) is 0 Å². The van der Waals surface area contributed by atoms with Crippen molar-refractivity contribution in [2.45, 2.75) is 34.6 Å². The molecule has 0 N–H and O–H groups in total. The van der Waals surface area contributed by atoms with E-state index in [0.29, 0.717) is 5.41 Å². The van der Waals surface area contributed by atoms with Crippen LogP contribution in [0.5, 0.6) is 0 Å². The van der Waals surface area contributed by atoms with Gasteiger partial charge in [0.25, 0.3) is 0 Å². The van der Waals surface area contributed by atoms with E-state index in [1.807, 2.05) is 19.9 Å². The molecule has 0 aromatic carbocycles. The van der Waals surface area contributed by atoms with E-state index in [2.05, 4.69) is 27.4 Å². The van der Waals surface area contributed by atoms with Crippen LogP contribution in [0, 0.1) is 5.41 Å². The molecule has 0 heteroatoms. The van der Waals surface area contributed by atoms with Crippen LogP contribution < -0.4 is 0 Å². The summed E-state index contributed by atoms with van der Waals surface area (Å²) in [6, 6.07) is 0. The molecule has 0 heterocycles. The predicted octanol–water partition coefficient (Wildman–Crippen LogP) is 3.24. The van der Waals surface area contributed by atoms with Gasteiger partial charge in [0, 0.05) is 0 Å². The van der Waals surface area contributed by atoms with Gasteiger partial charge in [0.1, 0.15) is 0 Å². The predicted molar refractivity (Wildman–Crippen MR) is 41.0 cm³/mol. The third kappa shape index (κ3) is 17.2. The highest BCUT2D eigenvalue weighted by molar-refractivity contribution is 4.82. The van der Waals surface area contributed by atoms with E-state index >= 15 is 0 Å². The van der Waals surface area contributed by atoms with E-state index in [1.165, 1.54) is 0 Å². The molecule has 0 saturated heterocycles. The standard InChI is InChI=1S/C6H12.C2H6/c1-5-6(2,3)4;1-2/h5H,1H2,2-4H3;1-2H3. The number of rotatable bonds is 0. The minimum Gasteiger partial charge on any atom is -0.103 e. The van der Waals surface area contributed by atoms with Crippen LogP contribution in [0.3, 0.4) is 0 Å². The maximum atomic E-state index is 3.63. The molecule has 8 heavy (non-hydrogen) atoms. The third-order valence-electron chi connectivity index (χ3n) is 0.612. The third-order valence-corrected chi connectivity index (χ3v) is 0.612. The molecule has 0 fully saturated rings. The van der Waals surface area contributed by atoms with Gasteiger partial charge < -0.3 is 0 Å². The van der Waals surface area contributed by atoms with Crippen LogP contribution in [0.1, 0.15) is 34.6 Å². The van der Waals surface area contributed by atoms with E-state index < -0.39 is 0 Å². The zero-order valence-corrected chi connectivity index (χ0v) is 6.78. The molecular weight excluding hydrogens is 96.1 g/mol. The molecule has 50 valence electrons. The molecule has 0 rings (SSSR count). The summed E-state index contributed by atoms with van der Waals surface area (Å²) in [7, 11) is 0. The molecule has 0 bridgehead atoms. The van der Waals surface area contributed by atoms with Crippen LogP contribution in [-0.2, 0) is 0 Å². The van der Waals surface area contributed by atoms with Gasteiger partial charge in [-0.25, -0.2) is 0 Å². The maximum Gasteiger partial charge on any atom is -0.0206 e.